The second-order valence-electron chi connectivity index (χ2n) is 4.80. The average molecular weight is 261 g/mol. The van der Waals surface area contributed by atoms with Crippen LogP contribution in [0.5, 0.6) is 0 Å². The van der Waals surface area contributed by atoms with E-state index in [0.717, 1.165) is 24.6 Å². The lowest BCUT2D eigenvalue weighted by Gasteiger charge is -2.28. The molecule has 0 saturated carbocycles. The third-order valence-electron chi connectivity index (χ3n) is 3.27. The number of hydrogen-bond donors (Lipinski definition) is 0. The zero-order valence-electron chi connectivity index (χ0n) is 10.9. The molecule has 0 amide bonds. The average Bonchev–Trinajstić information content (AvgIpc) is 2.86. The first kappa shape index (κ1) is 12.1. The van der Waals surface area contributed by atoms with Gasteiger partial charge < -0.3 is 4.90 Å². The molecule has 2 aromatic rings. The molecule has 1 fully saturated rings. The van der Waals surface area contributed by atoms with E-state index in [0.29, 0.717) is 5.95 Å². The summed E-state index contributed by atoms with van der Waals surface area (Å²) in [6.45, 7) is 3.95. The lowest BCUT2D eigenvalue weighted by Crippen LogP contribution is -2.30. The van der Waals surface area contributed by atoms with Crippen LogP contribution in [-0.2, 0) is 0 Å². The minimum Gasteiger partial charge on any atom is -0.356 e. The van der Waals surface area contributed by atoms with E-state index in [1.54, 1.807) is 0 Å². The first-order valence-corrected chi connectivity index (χ1v) is 6.54. The molecular formula is C13H16FN5. The van der Waals surface area contributed by atoms with Crippen LogP contribution in [0.1, 0.15) is 25.0 Å². The van der Waals surface area contributed by atoms with Crippen molar-refractivity contribution in [1.82, 2.24) is 19.7 Å². The van der Waals surface area contributed by atoms with Gasteiger partial charge in [-0.05, 0) is 26.2 Å². The van der Waals surface area contributed by atoms with Gasteiger partial charge in [-0.15, -0.1) is 5.10 Å². The van der Waals surface area contributed by atoms with Crippen molar-refractivity contribution in [2.24, 2.45) is 0 Å². The first-order chi connectivity index (χ1) is 9.22. The van der Waals surface area contributed by atoms with Gasteiger partial charge in [0.15, 0.2) is 0 Å². The van der Waals surface area contributed by atoms with Crippen LogP contribution >= 0.6 is 0 Å². The Labute approximate surface area is 111 Å². The molecule has 1 aliphatic rings. The second-order valence-corrected chi connectivity index (χ2v) is 4.80. The maximum absolute atomic E-state index is 13.0. The van der Waals surface area contributed by atoms with Gasteiger partial charge in [0.05, 0.1) is 0 Å². The smallest absolute Gasteiger partial charge is 0.252 e. The molecule has 0 bridgehead atoms. The topological polar surface area (TPSA) is 46.8 Å². The molecule has 0 radical (unpaired) electrons. The largest absolute Gasteiger partial charge is 0.356 e. The van der Waals surface area contributed by atoms with Crippen molar-refractivity contribution in [1.29, 1.82) is 0 Å². The highest BCUT2D eigenvalue weighted by Crippen LogP contribution is 2.19. The Morgan fingerprint density at radius 3 is 2.63 bits per heavy atom. The van der Waals surface area contributed by atoms with Crippen molar-refractivity contribution in [3.05, 3.63) is 30.0 Å². The Morgan fingerprint density at radius 2 is 1.95 bits per heavy atom. The molecule has 0 aromatic carbocycles. The highest BCUT2D eigenvalue weighted by molar-refractivity contribution is 5.42. The molecule has 100 valence electrons. The number of piperidine rings is 1. The number of hydrogen-bond acceptors (Lipinski definition) is 4. The highest BCUT2D eigenvalue weighted by Gasteiger charge is 2.14. The van der Waals surface area contributed by atoms with Gasteiger partial charge in [-0.2, -0.15) is 9.37 Å². The van der Waals surface area contributed by atoms with E-state index in [4.69, 9.17) is 0 Å². The van der Waals surface area contributed by atoms with Gasteiger partial charge in [-0.3, -0.25) is 0 Å². The Kier molecular flexibility index (Phi) is 3.15. The lowest BCUT2D eigenvalue weighted by atomic mass is 10.1. The quantitative estimate of drug-likeness (QED) is 0.830. The van der Waals surface area contributed by atoms with Gasteiger partial charge in [0, 0.05) is 37.1 Å². The number of anilines is 1. The highest BCUT2D eigenvalue weighted by atomic mass is 19.1. The summed E-state index contributed by atoms with van der Waals surface area (Å²) in [6, 6.07) is 3.26. The molecule has 6 heteroatoms. The fraction of sp³-hybridized carbons (Fsp3) is 0.462. The van der Waals surface area contributed by atoms with E-state index in [1.807, 2.05) is 13.0 Å². The fourth-order valence-electron chi connectivity index (χ4n) is 2.34. The van der Waals surface area contributed by atoms with Crippen LogP contribution in [0.15, 0.2) is 18.3 Å². The van der Waals surface area contributed by atoms with Crippen molar-refractivity contribution in [3.8, 4) is 5.95 Å². The molecule has 0 aliphatic carbocycles. The molecule has 3 heterocycles. The summed E-state index contributed by atoms with van der Waals surface area (Å²) in [5.41, 5.74) is 0.862. The molecule has 0 N–H and O–H groups in total. The van der Waals surface area contributed by atoms with Gasteiger partial charge in [0.25, 0.3) is 5.95 Å². The minimum absolute atomic E-state index is 0.421. The van der Waals surface area contributed by atoms with Crippen molar-refractivity contribution >= 4 is 5.82 Å². The molecule has 0 spiro atoms. The third kappa shape index (κ3) is 2.57. The molecule has 5 nitrogen and oxygen atoms in total. The van der Waals surface area contributed by atoms with Gasteiger partial charge in [0.1, 0.15) is 5.82 Å². The summed E-state index contributed by atoms with van der Waals surface area (Å²) in [6.07, 6.45) is 5.19. The second kappa shape index (κ2) is 4.95. The van der Waals surface area contributed by atoms with E-state index in [-0.39, 0.29) is 0 Å². The van der Waals surface area contributed by atoms with Gasteiger partial charge in [-0.25, -0.2) is 9.67 Å². The molecule has 0 atom stereocenters. The summed E-state index contributed by atoms with van der Waals surface area (Å²) in [7, 11) is 0. The zero-order valence-corrected chi connectivity index (χ0v) is 10.9. The maximum Gasteiger partial charge on any atom is 0.252 e. The van der Waals surface area contributed by atoms with Crippen LogP contribution in [-0.4, -0.2) is 32.8 Å². The molecule has 19 heavy (non-hydrogen) atoms. The normalized spacial score (nSPS) is 15.8. The molecule has 2 aromatic heterocycles. The van der Waals surface area contributed by atoms with E-state index in [2.05, 4.69) is 20.0 Å². The summed E-state index contributed by atoms with van der Waals surface area (Å²) in [5, 5.41) is 3.71. The Hall–Kier alpha value is -1.98. The Bertz CT molecular complexity index is 574. The zero-order chi connectivity index (χ0) is 13.2. The molecular weight excluding hydrogens is 245 g/mol. The number of nitrogens with zero attached hydrogens (tertiary/aromatic N) is 5. The van der Waals surface area contributed by atoms with Crippen LogP contribution in [0.2, 0.25) is 0 Å². The van der Waals surface area contributed by atoms with Crippen molar-refractivity contribution in [2.45, 2.75) is 26.2 Å². The molecule has 0 unspecified atom stereocenters. The SMILES string of the molecule is Cc1cc(N2CCCCC2)nc(-n2ccc(F)n2)n1. The van der Waals surface area contributed by atoms with E-state index in [1.165, 1.54) is 36.2 Å². The minimum atomic E-state index is -0.523. The van der Waals surface area contributed by atoms with E-state index in [9.17, 15) is 4.39 Å². The van der Waals surface area contributed by atoms with Gasteiger partial charge in [0.2, 0.25) is 5.95 Å². The predicted octanol–water partition coefficient (Wildman–Crippen LogP) is 2.10. The van der Waals surface area contributed by atoms with Crippen molar-refractivity contribution in [2.75, 3.05) is 18.0 Å². The molecule has 3 rings (SSSR count). The predicted molar refractivity (Wildman–Crippen MR) is 69.9 cm³/mol. The first-order valence-electron chi connectivity index (χ1n) is 6.54. The number of aryl methyl sites for hydroxylation is 1. The van der Waals surface area contributed by atoms with Gasteiger partial charge in [-0.1, -0.05) is 0 Å². The standard InChI is InChI=1S/C13H16FN5/c1-10-9-12(18-6-3-2-4-7-18)16-13(15-10)19-8-5-11(14)17-19/h5,8-9H,2-4,6-7H2,1H3. The summed E-state index contributed by atoms with van der Waals surface area (Å²) in [4.78, 5) is 11.0. The van der Waals surface area contributed by atoms with Crippen molar-refractivity contribution in [3.63, 3.8) is 0 Å². The van der Waals surface area contributed by atoms with Crippen LogP contribution in [0, 0.1) is 12.9 Å². The van der Waals surface area contributed by atoms with Crippen molar-refractivity contribution < 1.29 is 4.39 Å². The van der Waals surface area contributed by atoms with Crippen LogP contribution in [0.4, 0.5) is 10.2 Å². The number of aromatic nitrogens is 4. The number of rotatable bonds is 2. The maximum atomic E-state index is 13.0. The molecule has 1 aliphatic heterocycles. The Balaban J connectivity index is 1.95. The van der Waals surface area contributed by atoms with E-state index < -0.39 is 5.95 Å². The fourth-order valence-corrected chi connectivity index (χ4v) is 2.34. The summed E-state index contributed by atoms with van der Waals surface area (Å²) < 4.78 is 14.3. The summed E-state index contributed by atoms with van der Waals surface area (Å²) in [5.74, 6) is 0.798. The third-order valence-corrected chi connectivity index (χ3v) is 3.27. The molecule has 1 saturated heterocycles. The lowest BCUT2D eigenvalue weighted by molar-refractivity contribution is 0.558. The van der Waals surface area contributed by atoms with Crippen LogP contribution < -0.4 is 4.90 Å². The van der Waals surface area contributed by atoms with Gasteiger partial charge >= 0.3 is 0 Å². The number of halogens is 1. The summed E-state index contributed by atoms with van der Waals surface area (Å²) >= 11 is 0. The van der Waals surface area contributed by atoms with Crippen LogP contribution in [0.3, 0.4) is 0 Å². The Morgan fingerprint density at radius 1 is 1.16 bits per heavy atom. The van der Waals surface area contributed by atoms with E-state index >= 15 is 0 Å². The monoisotopic (exact) mass is 261 g/mol. The van der Waals surface area contributed by atoms with Crippen LogP contribution in [0.25, 0.3) is 5.95 Å².